The molecule has 0 fully saturated rings. The van der Waals surface area contributed by atoms with Crippen molar-refractivity contribution in [3.63, 3.8) is 0 Å². The molecule has 0 aliphatic rings. The lowest BCUT2D eigenvalue weighted by Crippen LogP contribution is -2.24. The fourth-order valence-electron chi connectivity index (χ4n) is 1.95. The number of benzene rings is 1. The van der Waals surface area contributed by atoms with Gasteiger partial charge in [0.2, 0.25) is 5.88 Å². The van der Waals surface area contributed by atoms with Crippen molar-refractivity contribution in [2.24, 2.45) is 0 Å². The second-order valence-corrected chi connectivity index (χ2v) is 6.34. The maximum Gasteiger partial charge on any atom is 0.237 e. The highest BCUT2D eigenvalue weighted by Crippen LogP contribution is 2.28. The first-order valence-corrected chi connectivity index (χ1v) is 8.49. The van der Waals surface area contributed by atoms with Crippen LogP contribution in [0.15, 0.2) is 46.0 Å². The van der Waals surface area contributed by atoms with E-state index < -0.39 is 0 Å². The maximum absolute atomic E-state index is 5.31. The quantitative estimate of drug-likeness (QED) is 0.756. The summed E-state index contributed by atoms with van der Waals surface area (Å²) >= 11 is 5.28. The van der Waals surface area contributed by atoms with Crippen molar-refractivity contribution in [3.8, 4) is 5.88 Å². The SMILES string of the molecule is CCNC(CSc1cccc(Br)c1)c1nccnc1OC. The second-order valence-electron chi connectivity index (χ2n) is 4.33. The Morgan fingerprint density at radius 2 is 2.14 bits per heavy atom. The number of hydrogen-bond acceptors (Lipinski definition) is 5. The van der Waals surface area contributed by atoms with Crippen molar-refractivity contribution in [1.29, 1.82) is 0 Å². The van der Waals surface area contributed by atoms with E-state index in [1.807, 2.05) is 12.1 Å². The van der Waals surface area contributed by atoms with Crippen LogP contribution in [0.4, 0.5) is 0 Å². The number of nitrogens with one attached hydrogen (secondary N) is 1. The molecule has 21 heavy (non-hydrogen) atoms. The van der Waals surface area contributed by atoms with Crippen molar-refractivity contribution in [2.75, 3.05) is 19.4 Å². The van der Waals surface area contributed by atoms with Crippen LogP contribution < -0.4 is 10.1 Å². The largest absolute Gasteiger partial charge is 0.480 e. The summed E-state index contributed by atoms with van der Waals surface area (Å²) in [6.07, 6.45) is 3.35. The Hall–Kier alpha value is -1.11. The zero-order valence-electron chi connectivity index (χ0n) is 12.0. The lowest BCUT2D eigenvalue weighted by atomic mass is 10.2. The van der Waals surface area contributed by atoms with Gasteiger partial charge < -0.3 is 10.1 Å². The average Bonchev–Trinajstić information content (AvgIpc) is 2.51. The molecule has 0 aliphatic carbocycles. The van der Waals surface area contributed by atoms with E-state index in [1.54, 1.807) is 31.3 Å². The van der Waals surface area contributed by atoms with E-state index in [4.69, 9.17) is 4.74 Å². The number of hydrogen-bond donors (Lipinski definition) is 1. The van der Waals surface area contributed by atoms with E-state index in [-0.39, 0.29) is 6.04 Å². The third-order valence-corrected chi connectivity index (χ3v) is 4.46. The summed E-state index contributed by atoms with van der Waals surface area (Å²) in [5.74, 6) is 1.44. The molecule has 0 amide bonds. The number of methoxy groups -OCH3 is 1. The molecule has 1 aromatic heterocycles. The van der Waals surface area contributed by atoms with Crippen molar-refractivity contribution in [3.05, 3.63) is 46.8 Å². The van der Waals surface area contributed by atoms with E-state index in [0.29, 0.717) is 5.88 Å². The zero-order valence-corrected chi connectivity index (χ0v) is 14.4. The minimum Gasteiger partial charge on any atom is -0.480 e. The smallest absolute Gasteiger partial charge is 0.237 e. The van der Waals surface area contributed by atoms with Crippen LogP contribution in [0.3, 0.4) is 0 Å². The monoisotopic (exact) mass is 367 g/mol. The molecule has 0 saturated heterocycles. The first-order valence-electron chi connectivity index (χ1n) is 6.71. The Bertz CT molecular complexity index is 582. The molecule has 4 nitrogen and oxygen atoms in total. The van der Waals surface area contributed by atoms with Crippen molar-refractivity contribution in [2.45, 2.75) is 17.9 Å². The van der Waals surface area contributed by atoms with Gasteiger partial charge in [-0.2, -0.15) is 0 Å². The molecule has 112 valence electrons. The molecule has 2 aromatic rings. The van der Waals surface area contributed by atoms with Crippen LogP contribution in [-0.2, 0) is 0 Å². The Morgan fingerprint density at radius 3 is 2.86 bits per heavy atom. The number of thioether (sulfide) groups is 1. The summed E-state index contributed by atoms with van der Waals surface area (Å²) in [7, 11) is 1.62. The minimum atomic E-state index is 0.0997. The van der Waals surface area contributed by atoms with Crippen LogP contribution in [0.5, 0.6) is 5.88 Å². The third-order valence-electron chi connectivity index (χ3n) is 2.88. The fraction of sp³-hybridized carbons (Fsp3) is 0.333. The van der Waals surface area contributed by atoms with Crippen LogP contribution in [0.25, 0.3) is 0 Å². The van der Waals surface area contributed by atoms with Crippen LogP contribution in [0.1, 0.15) is 18.7 Å². The third kappa shape index (κ3) is 4.69. The topological polar surface area (TPSA) is 47.0 Å². The standard InChI is InChI=1S/C15H18BrN3OS/c1-3-17-13(14-15(20-2)19-8-7-18-14)10-21-12-6-4-5-11(16)9-12/h4-9,13,17H,3,10H2,1-2H3. The highest BCUT2D eigenvalue weighted by molar-refractivity contribution is 9.10. The molecule has 0 bridgehead atoms. The number of aromatic nitrogens is 2. The van der Waals surface area contributed by atoms with Crippen LogP contribution in [0, 0.1) is 0 Å². The second kappa shape index (κ2) is 8.36. The molecule has 1 unspecified atom stereocenters. The van der Waals surface area contributed by atoms with Gasteiger partial charge in [-0.3, -0.25) is 4.98 Å². The molecule has 1 heterocycles. The Morgan fingerprint density at radius 1 is 1.33 bits per heavy atom. The normalized spacial score (nSPS) is 12.1. The summed E-state index contributed by atoms with van der Waals surface area (Å²) < 4.78 is 6.40. The fourth-order valence-corrected chi connectivity index (χ4v) is 3.52. The van der Waals surface area contributed by atoms with Crippen LogP contribution >= 0.6 is 27.7 Å². The number of ether oxygens (including phenoxy) is 1. The molecule has 0 radical (unpaired) electrons. The van der Waals surface area contributed by atoms with Gasteiger partial charge in [0.25, 0.3) is 0 Å². The van der Waals surface area contributed by atoms with Gasteiger partial charge in [-0.1, -0.05) is 28.9 Å². The molecular formula is C15H18BrN3OS. The summed E-state index contributed by atoms with van der Waals surface area (Å²) in [5.41, 5.74) is 0.851. The molecule has 2 rings (SSSR count). The lowest BCUT2D eigenvalue weighted by Gasteiger charge is -2.18. The van der Waals surface area contributed by atoms with E-state index in [0.717, 1.165) is 22.5 Å². The maximum atomic E-state index is 5.31. The average molecular weight is 368 g/mol. The predicted molar refractivity (Wildman–Crippen MR) is 89.9 cm³/mol. The molecule has 1 aromatic carbocycles. The van der Waals surface area contributed by atoms with Crippen LogP contribution in [-0.4, -0.2) is 29.4 Å². The number of rotatable bonds is 7. The summed E-state index contributed by atoms with van der Waals surface area (Å²) in [4.78, 5) is 9.87. The van der Waals surface area contributed by atoms with Gasteiger partial charge in [-0.05, 0) is 24.7 Å². The van der Waals surface area contributed by atoms with Gasteiger partial charge in [-0.15, -0.1) is 11.8 Å². The first kappa shape index (κ1) is 16.3. The summed E-state index contributed by atoms with van der Waals surface area (Å²) in [6.45, 7) is 2.95. The van der Waals surface area contributed by atoms with Gasteiger partial charge in [0, 0.05) is 27.5 Å². The van der Waals surface area contributed by atoms with Gasteiger partial charge in [0.05, 0.1) is 13.2 Å². The highest BCUT2D eigenvalue weighted by Gasteiger charge is 2.18. The molecule has 6 heteroatoms. The number of nitrogens with zero attached hydrogens (tertiary/aromatic N) is 2. The Labute approximate surface area is 137 Å². The van der Waals surface area contributed by atoms with Gasteiger partial charge in [0.15, 0.2) is 0 Å². The van der Waals surface area contributed by atoms with Gasteiger partial charge >= 0.3 is 0 Å². The van der Waals surface area contributed by atoms with Gasteiger partial charge in [-0.25, -0.2) is 4.98 Å². The minimum absolute atomic E-state index is 0.0997. The molecule has 1 N–H and O–H groups in total. The molecule has 0 saturated carbocycles. The molecule has 0 spiro atoms. The highest BCUT2D eigenvalue weighted by atomic mass is 79.9. The first-order chi connectivity index (χ1) is 10.2. The molecular weight excluding hydrogens is 350 g/mol. The molecule has 0 aliphatic heterocycles. The number of halogens is 1. The van der Waals surface area contributed by atoms with E-state index in [9.17, 15) is 0 Å². The lowest BCUT2D eigenvalue weighted by molar-refractivity contribution is 0.381. The summed E-state index contributed by atoms with van der Waals surface area (Å²) in [6, 6.07) is 8.38. The van der Waals surface area contributed by atoms with Gasteiger partial charge in [0.1, 0.15) is 5.69 Å². The van der Waals surface area contributed by atoms with Crippen molar-refractivity contribution >= 4 is 27.7 Å². The Kier molecular flexibility index (Phi) is 6.48. The Balaban J connectivity index is 2.12. The van der Waals surface area contributed by atoms with E-state index in [2.05, 4.69) is 50.3 Å². The van der Waals surface area contributed by atoms with E-state index >= 15 is 0 Å². The van der Waals surface area contributed by atoms with Crippen molar-refractivity contribution in [1.82, 2.24) is 15.3 Å². The predicted octanol–water partition coefficient (Wildman–Crippen LogP) is 3.69. The summed E-state index contributed by atoms with van der Waals surface area (Å²) in [5, 5.41) is 3.44. The zero-order chi connectivity index (χ0) is 15.1. The van der Waals surface area contributed by atoms with E-state index in [1.165, 1.54) is 4.90 Å². The van der Waals surface area contributed by atoms with Crippen LogP contribution in [0.2, 0.25) is 0 Å². The molecule has 1 atom stereocenters. The van der Waals surface area contributed by atoms with Crippen molar-refractivity contribution < 1.29 is 4.74 Å².